The number of aromatic nitrogens is 3. The molecule has 0 bridgehead atoms. The maximum Gasteiger partial charge on any atom is 0.232 e. The van der Waals surface area contributed by atoms with Gasteiger partial charge in [0.25, 0.3) is 0 Å². The second kappa shape index (κ2) is 8.87. The molecule has 1 aliphatic heterocycles. The fraction of sp³-hybridized carbons (Fsp3) is 0.471. The molecule has 1 aromatic heterocycles. The van der Waals surface area contributed by atoms with Gasteiger partial charge >= 0.3 is 0 Å². The van der Waals surface area contributed by atoms with Crippen molar-refractivity contribution in [2.75, 3.05) is 30.5 Å². The van der Waals surface area contributed by atoms with Gasteiger partial charge in [0.1, 0.15) is 11.6 Å². The number of ether oxygens (including phenoxy) is 2. The summed E-state index contributed by atoms with van der Waals surface area (Å²) >= 11 is 1.76. The molecule has 1 aromatic carbocycles. The first kappa shape index (κ1) is 17.8. The van der Waals surface area contributed by atoms with Crippen LogP contribution in [0, 0.1) is 0 Å². The fourth-order valence-corrected chi connectivity index (χ4v) is 3.60. The van der Waals surface area contributed by atoms with Crippen LogP contribution in [0.15, 0.2) is 24.3 Å². The van der Waals surface area contributed by atoms with Crippen LogP contribution < -0.4 is 15.8 Å². The molecule has 0 radical (unpaired) electrons. The van der Waals surface area contributed by atoms with Gasteiger partial charge in [0.15, 0.2) is 0 Å². The Morgan fingerprint density at radius 3 is 2.96 bits per heavy atom. The minimum atomic E-state index is 0.205. The number of nitrogens with one attached hydrogen (secondary N) is 1. The molecule has 25 heavy (non-hydrogen) atoms. The zero-order valence-corrected chi connectivity index (χ0v) is 15.1. The monoisotopic (exact) mass is 361 g/mol. The molecule has 1 fully saturated rings. The van der Waals surface area contributed by atoms with E-state index in [0.717, 1.165) is 24.5 Å². The molecular weight excluding hydrogens is 338 g/mol. The number of hydrogen-bond donors (Lipinski definition) is 2. The fourth-order valence-electron chi connectivity index (χ4n) is 2.65. The Bertz CT molecular complexity index is 694. The van der Waals surface area contributed by atoms with Crippen molar-refractivity contribution < 1.29 is 9.47 Å². The van der Waals surface area contributed by atoms with E-state index in [2.05, 4.69) is 20.3 Å². The summed E-state index contributed by atoms with van der Waals surface area (Å²) in [5.74, 6) is 3.62. The number of methoxy groups -OCH3 is 1. The van der Waals surface area contributed by atoms with Crippen LogP contribution in [0.3, 0.4) is 0 Å². The Balaban J connectivity index is 1.61. The largest absolute Gasteiger partial charge is 0.495 e. The molecule has 3 N–H and O–H groups in total. The molecule has 0 saturated carbocycles. The lowest BCUT2D eigenvalue weighted by atomic mass is 10.1. The number of thioether (sulfide) groups is 1. The number of nitrogens with zero attached hydrogens (tertiary/aromatic N) is 3. The topological polar surface area (TPSA) is 95.2 Å². The van der Waals surface area contributed by atoms with E-state index >= 15 is 0 Å². The van der Waals surface area contributed by atoms with E-state index in [4.69, 9.17) is 15.2 Å². The lowest BCUT2D eigenvalue weighted by Crippen LogP contribution is -2.21. The maximum absolute atomic E-state index is 5.83. The van der Waals surface area contributed by atoms with E-state index < -0.39 is 0 Å². The van der Waals surface area contributed by atoms with Crippen molar-refractivity contribution in [1.29, 1.82) is 0 Å². The van der Waals surface area contributed by atoms with Crippen LogP contribution in [0.5, 0.6) is 5.75 Å². The Morgan fingerprint density at radius 1 is 1.28 bits per heavy atom. The van der Waals surface area contributed by atoms with Crippen LogP contribution in [-0.2, 0) is 10.5 Å². The third-order valence-electron chi connectivity index (χ3n) is 3.86. The lowest BCUT2D eigenvalue weighted by molar-refractivity contribution is 0.0315. The number of rotatable bonds is 7. The Labute approximate surface area is 151 Å². The zero-order valence-electron chi connectivity index (χ0n) is 14.3. The summed E-state index contributed by atoms with van der Waals surface area (Å²) in [5.41, 5.74) is 6.61. The van der Waals surface area contributed by atoms with Crippen molar-refractivity contribution in [2.24, 2.45) is 0 Å². The van der Waals surface area contributed by atoms with Crippen molar-refractivity contribution in [2.45, 2.75) is 31.1 Å². The molecule has 0 spiro atoms. The van der Waals surface area contributed by atoms with E-state index in [1.54, 1.807) is 18.9 Å². The Kier molecular flexibility index (Phi) is 6.30. The maximum atomic E-state index is 5.83. The predicted octanol–water partition coefficient (Wildman–Crippen LogP) is 3.01. The molecule has 8 heteroatoms. The number of nitrogen functional groups attached to an aromatic ring is 1. The van der Waals surface area contributed by atoms with Crippen molar-refractivity contribution in [3.8, 4) is 5.75 Å². The minimum absolute atomic E-state index is 0.205. The van der Waals surface area contributed by atoms with Gasteiger partial charge in [-0.3, -0.25) is 0 Å². The number of nitrogens with two attached hydrogens (primary N) is 1. The van der Waals surface area contributed by atoms with Gasteiger partial charge in [-0.2, -0.15) is 26.7 Å². The normalized spacial score (nSPS) is 17.2. The number of para-hydroxylation sites is 2. The number of anilines is 3. The quantitative estimate of drug-likeness (QED) is 0.777. The third-order valence-corrected chi connectivity index (χ3v) is 4.93. The smallest absolute Gasteiger partial charge is 0.232 e. The highest BCUT2D eigenvalue weighted by molar-refractivity contribution is 7.98. The van der Waals surface area contributed by atoms with Crippen molar-refractivity contribution >= 4 is 29.3 Å². The molecule has 3 rings (SSSR count). The van der Waals surface area contributed by atoms with Gasteiger partial charge in [-0.15, -0.1) is 0 Å². The van der Waals surface area contributed by atoms with E-state index in [1.165, 1.54) is 12.8 Å². The summed E-state index contributed by atoms with van der Waals surface area (Å²) < 4.78 is 11.1. The molecular formula is C17H23N5O2S. The summed E-state index contributed by atoms with van der Waals surface area (Å²) in [5, 5.41) is 3.14. The van der Waals surface area contributed by atoms with Gasteiger partial charge in [0.05, 0.1) is 24.7 Å². The molecule has 2 heterocycles. The lowest BCUT2D eigenvalue weighted by Gasteiger charge is -2.21. The third kappa shape index (κ3) is 5.20. The van der Waals surface area contributed by atoms with Gasteiger partial charge in [-0.1, -0.05) is 12.1 Å². The van der Waals surface area contributed by atoms with E-state index in [0.29, 0.717) is 29.4 Å². The van der Waals surface area contributed by atoms with Crippen LogP contribution in [0.2, 0.25) is 0 Å². The van der Waals surface area contributed by atoms with Crippen LogP contribution in [-0.4, -0.2) is 40.5 Å². The second-order valence-electron chi connectivity index (χ2n) is 5.76. The predicted molar refractivity (Wildman–Crippen MR) is 100 cm³/mol. The standard InChI is InChI=1S/C17H23N5O2S/c1-23-14-8-3-2-7-13(14)19-17-21-15(20-16(18)22-17)11-25-10-12-6-4-5-9-24-12/h2-3,7-8,12H,4-6,9-11H2,1H3,(H3,18,19,20,21,22)/t12-/m1/s1. The van der Waals surface area contributed by atoms with Crippen LogP contribution in [0.1, 0.15) is 25.1 Å². The first-order chi connectivity index (χ1) is 12.2. The van der Waals surface area contributed by atoms with Crippen LogP contribution in [0.25, 0.3) is 0 Å². The molecule has 1 saturated heterocycles. The van der Waals surface area contributed by atoms with E-state index in [9.17, 15) is 0 Å². The SMILES string of the molecule is COc1ccccc1Nc1nc(N)nc(CSC[C@H]2CCCCO2)n1. The highest BCUT2D eigenvalue weighted by Crippen LogP contribution is 2.26. The molecule has 0 unspecified atom stereocenters. The summed E-state index contributed by atoms with van der Waals surface area (Å²) in [6.07, 6.45) is 3.89. The van der Waals surface area contributed by atoms with Gasteiger partial charge in [-0.25, -0.2) is 0 Å². The number of hydrogen-bond acceptors (Lipinski definition) is 8. The van der Waals surface area contributed by atoms with E-state index in [-0.39, 0.29) is 5.95 Å². The molecule has 1 atom stereocenters. The highest BCUT2D eigenvalue weighted by atomic mass is 32.2. The van der Waals surface area contributed by atoms with Crippen molar-refractivity contribution in [3.63, 3.8) is 0 Å². The molecule has 0 amide bonds. The van der Waals surface area contributed by atoms with Gasteiger partial charge < -0.3 is 20.5 Å². The van der Waals surface area contributed by atoms with Gasteiger partial charge in [0.2, 0.25) is 11.9 Å². The Hall–Kier alpha value is -2.06. The average Bonchev–Trinajstić information content (AvgIpc) is 2.63. The zero-order chi connectivity index (χ0) is 17.5. The number of benzene rings is 1. The summed E-state index contributed by atoms with van der Waals surface area (Å²) in [7, 11) is 1.62. The molecule has 7 nitrogen and oxygen atoms in total. The summed E-state index contributed by atoms with van der Waals surface area (Å²) in [4.78, 5) is 12.8. The van der Waals surface area contributed by atoms with Crippen molar-refractivity contribution in [1.82, 2.24) is 15.0 Å². The van der Waals surface area contributed by atoms with Crippen LogP contribution in [0.4, 0.5) is 17.6 Å². The van der Waals surface area contributed by atoms with Gasteiger partial charge in [0, 0.05) is 12.4 Å². The highest BCUT2D eigenvalue weighted by Gasteiger charge is 2.14. The van der Waals surface area contributed by atoms with Crippen molar-refractivity contribution in [3.05, 3.63) is 30.1 Å². The van der Waals surface area contributed by atoms with Gasteiger partial charge in [-0.05, 0) is 31.4 Å². The minimum Gasteiger partial charge on any atom is -0.495 e. The molecule has 1 aliphatic rings. The van der Waals surface area contributed by atoms with Crippen LogP contribution >= 0.6 is 11.8 Å². The summed E-state index contributed by atoms with van der Waals surface area (Å²) in [6.45, 7) is 0.872. The first-order valence-electron chi connectivity index (χ1n) is 8.34. The summed E-state index contributed by atoms with van der Waals surface area (Å²) in [6, 6.07) is 7.58. The first-order valence-corrected chi connectivity index (χ1v) is 9.50. The van der Waals surface area contributed by atoms with E-state index in [1.807, 2.05) is 24.3 Å². The Morgan fingerprint density at radius 2 is 2.16 bits per heavy atom. The molecule has 2 aromatic rings. The molecule has 0 aliphatic carbocycles. The molecule has 134 valence electrons. The second-order valence-corrected chi connectivity index (χ2v) is 6.79. The average molecular weight is 361 g/mol.